The number of ether oxygens (including phenoxy) is 1. The van der Waals surface area contributed by atoms with Gasteiger partial charge in [-0.1, -0.05) is 70.0 Å². The average molecular weight is 673 g/mol. The summed E-state index contributed by atoms with van der Waals surface area (Å²) in [6.07, 6.45) is 1.92. The highest BCUT2D eigenvalue weighted by atomic mass is 79.9. The van der Waals surface area contributed by atoms with E-state index in [1.807, 2.05) is 55.5 Å². The van der Waals surface area contributed by atoms with E-state index < -0.39 is 46.5 Å². The Kier molecular flexibility index (Phi) is 6.66. The Labute approximate surface area is 266 Å². The molecule has 0 bridgehead atoms. The zero-order valence-corrected chi connectivity index (χ0v) is 26.3. The Morgan fingerprint density at radius 1 is 1.00 bits per heavy atom. The summed E-state index contributed by atoms with van der Waals surface area (Å²) >= 11 is 3.54. The number of hydrogen-bond donors (Lipinski definition) is 2. The van der Waals surface area contributed by atoms with Crippen molar-refractivity contribution in [1.29, 1.82) is 0 Å². The van der Waals surface area contributed by atoms with Crippen LogP contribution in [0.5, 0.6) is 11.5 Å². The lowest BCUT2D eigenvalue weighted by Crippen LogP contribution is -2.53. The molecule has 1 saturated carbocycles. The van der Waals surface area contributed by atoms with Crippen LogP contribution in [0.15, 0.2) is 92.4 Å². The van der Waals surface area contributed by atoms with Crippen molar-refractivity contribution >= 4 is 33.4 Å². The highest BCUT2D eigenvalue weighted by molar-refractivity contribution is 9.10. The molecule has 4 aromatic rings. The zero-order chi connectivity index (χ0) is 31.8. The van der Waals surface area contributed by atoms with E-state index in [1.54, 1.807) is 24.3 Å². The molecule has 1 saturated heterocycles. The normalized spacial score (nSPS) is 23.7. The molecule has 2 fully saturated rings. The van der Waals surface area contributed by atoms with Crippen molar-refractivity contribution in [2.24, 2.45) is 13.0 Å². The monoisotopic (exact) mass is 671 g/mol. The van der Waals surface area contributed by atoms with E-state index in [9.17, 15) is 19.5 Å². The lowest BCUT2D eigenvalue weighted by molar-refractivity contribution is -0.138. The third-order valence-corrected chi connectivity index (χ3v) is 9.91. The first-order valence-electron chi connectivity index (χ1n) is 14.5. The molecule has 4 unspecified atom stereocenters. The highest BCUT2D eigenvalue weighted by Gasteiger charge is 2.69. The number of allylic oxidation sites excluding steroid dienone is 2. The topological polar surface area (TPSA) is 128 Å². The molecule has 2 aliphatic heterocycles. The molecule has 2 amide bonds. The summed E-state index contributed by atoms with van der Waals surface area (Å²) in [4.78, 5) is 56.2. The zero-order valence-electron chi connectivity index (χ0n) is 24.7. The van der Waals surface area contributed by atoms with E-state index in [0.29, 0.717) is 26.9 Å². The number of phenolic OH excluding ortho intramolecular Hbond substituents is 1. The van der Waals surface area contributed by atoms with E-state index >= 15 is 4.79 Å². The van der Waals surface area contributed by atoms with Gasteiger partial charge in [0.1, 0.15) is 0 Å². The Hall–Kier alpha value is -4.84. The molecule has 7 rings (SSSR count). The fraction of sp³-hybridized carbons (Fsp3) is 0.273. The second-order valence-corrected chi connectivity index (χ2v) is 12.6. The van der Waals surface area contributed by atoms with Gasteiger partial charge in [0.2, 0.25) is 0 Å². The van der Waals surface area contributed by atoms with Gasteiger partial charge in [-0.3, -0.25) is 15.0 Å². The molecule has 45 heavy (non-hydrogen) atoms. The second-order valence-electron chi connectivity index (χ2n) is 11.7. The lowest BCUT2D eigenvalue weighted by Gasteiger charge is -2.49. The van der Waals surface area contributed by atoms with Crippen LogP contribution >= 0.6 is 15.9 Å². The molecular weight excluding hydrogens is 642 g/mol. The van der Waals surface area contributed by atoms with Gasteiger partial charge in [-0.05, 0) is 48.7 Å². The molecule has 2 N–H and O–H groups in total. The minimum atomic E-state index is -1.53. The maximum absolute atomic E-state index is 15.1. The maximum atomic E-state index is 15.1. The van der Waals surface area contributed by atoms with E-state index in [2.05, 4.69) is 21.4 Å². The summed E-state index contributed by atoms with van der Waals surface area (Å²) in [5.41, 5.74) is 3.69. The van der Waals surface area contributed by atoms with Gasteiger partial charge in [0, 0.05) is 23.0 Å². The lowest BCUT2D eigenvalue weighted by atomic mass is 9.53. The molecule has 1 aromatic heterocycles. The largest absolute Gasteiger partial charge is 0.504 e. The first-order chi connectivity index (χ1) is 21.6. The molecule has 3 aliphatic rings. The van der Waals surface area contributed by atoms with Gasteiger partial charge in [0.05, 0.1) is 36.7 Å². The van der Waals surface area contributed by atoms with Gasteiger partial charge in [-0.25, -0.2) is 23.5 Å². The number of hydrogen-bond acceptors (Lipinski definition) is 7. The summed E-state index contributed by atoms with van der Waals surface area (Å²) in [5, 5.41) is 12.8. The third kappa shape index (κ3) is 4.01. The minimum Gasteiger partial charge on any atom is -0.504 e. The number of benzene rings is 3. The van der Waals surface area contributed by atoms with Crippen molar-refractivity contribution in [1.82, 2.24) is 18.9 Å². The summed E-state index contributed by atoms with van der Waals surface area (Å²) in [5.74, 6) is -2.87. The average Bonchev–Trinajstić information content (AvgIpc) is 3.40. The highest BCUT2D eigenvalue weighted by Crippen LogP contribution is 2.63. The van der Waals surface area contributed by atoms with Gasteiger partial charge in [-0.2, -0.15) is 5.01 Å². The van der Waals surface area contributed by atoms with Gasteiger partial charge in [0.15, 0.2) is 11.5 Å². The Balaban J connectivity index is 1.53. The number of nitrogens with one attached hydrogen (secondary N) is 1. The molecule has 11 nitrogen and oxygen atoms in total. The van der Waals surface area contributed by atoms with Gasteiger partial charge >= 0.3 is 11.4 Å². The van der Waals surface area contributed by atoms with Crippen LogP contribution in [0.25, 0.3) is 0 Å². The number of phenols is 1. The number of anilines is 1. The summed E-state index contributed by atoms with van der Waals surface area (Å²) in [6.45, 7) is 2.02. The number of fused-ring (bicyclic) bond motifs is 4. The molecule has 0 spiro atoms. The number of aromatic hydroxyl groups is 1. The van der Waals surface area contributed by atoms with Crippen LogP contribution in [0, 0.1) is 12.8 Å². The number of imide groups is 1. The van der Waals surface area contributed by atoms with Crippen molar-refractivity contribution in [2.45, 2.75) is 37.3 Å². The van der Waals surface area contributed by atoms with Crippen LogP contribution in [0.3, 0.4) is 0 Å². The number of nitrogens with zero attached hydrogens (tertiary/aromatic N) is 4. The first kappa shape index (κ1) is 28.9. The van der Waals surface area contributed by atoms with Crippen LogP contribution in [-0.4, -0.2) is 43.0 Å². The Bertz CT molecular complexity index is 2030. The maximum Gasteiger partial charge on any atom is 0.347 e. The summed E-state index contributed by atoms with van der Waals surface area (Å²) < 4.78 is 9.89. The van der Waals surface area contributed by atoms with Gasteiger partial charge in [-0.15, -0.1) is 0 Å². The van der Waals surface area contributed by atoms with Crippen molar-refractivity contribution in [3.05, 3.63) is 121 Å². The van der Waals surface area contributed by atoms with Gasteiger partial charge in [0.25, 0.3) is 11.8 Å². The Morgan fingerprint density at radius 3 is 2.40 bits per heavy atom. The number of hydrazine groups is 1. The minimum absolute atomic E-state index is 0.0726. The molecular formula is C33H30BrN5O6. The second kappa shape index (κ2) is 10.4. The van der Waals surface area contributed by atoms with Crippen LogP contribution in [0.4, 0.5) is 5.69 Å². The van der Waals surface area contributed by atoms with Crippen molar-refractivity contribution in [3.63, 3.8) is 0 Å². The van der Waals surface area contributed by atoms with Crippen LogP contribution in [-0.2, 0) is 28.6 Å². The fourth-order valence-corrected chi connectivity index (χ4v) is 7.89. The SMILES string of the molecule is COc1cc(Br)cc(C2C3=CCn4c(=O)n(C)c(=O)n4C3CC3C(=O)N(Nc4ccc(C)cc4)C(=O)C32c2ccccc2)c1O. The molecule has 3 aromatic carbocycles. The standard InChI is InChI=1S/C33H30BrN5O6/c1-18-9-11-21(12-10-18)35-38-29(41)24-17-25-22(13-14-37-31(43)36(2)32(44)39(25)37)27(23-15-20(34)16-26(45-3)28(23)40)33(24,30(38)42)19-7-5-4-6-8-19/h4-13,15-16,24-25,27,35,40H,14,17H2,1-3H3. The van der Waals surface area contributed by atoms with Gasteiger partial charge < -0.3 is 9.84 Å². The number of rotatable bonds is 5. The number of aromatic nitrogens is 3. The molecule has 12 heteroatoms. The first-order valence-corrected chi connectivity index (χ1v) is 15.3. The molecule has 4 atom stereocenters. The fourth-order valence-electron chi connectivity index (χ4n) is 7.43. The molecule has 0 radical (unpaired) electrons. The predicted molar refractivity (Wildman–Crippen MR) is 169 cm³/mol. The smallest absolute Gasteiger partial charge is 0.347 e. The van der Waals surface area contributed by atoms with Crippen molar-refractivity contribution in [3.8, 4) is 11.5 Å². The van der Waals surface area contributed by atoms with Crippen LogP contribution < -0.4 is 21.5 Å². The van der Waals surface area contributed by atoms with E-state index in [1.165, 1.54) is 23.5 Å². The number of methoxy groups -OCH3 is 1. The van der Waals surface area contributed by atoms with E-state index in [0.717, 1.165) is 15.1 Å². The number of carbonyl (C=O) groups excluding carboxylic acids is 2. The van der Waals surface area contributed by atoms with Crippen LogP contribution in [0.1, 0.15) is 35.1 Å². The summed E-state index contributed by atoms with van der Waals surface area (Å²) in [6, 6.07) is 19.0. The predicted octanol–water partition coefficient (Wildman–Crippen LogP) is 3.75. The third-order valence-electron chi connectivity index (χ3n) is 9.45. The molecule has 230 valence electrons. The molecule has 1 aliphatic carbocycles. The van der Waals surface area contributed by atoms with E-state index in [4.69, 9.17) is 4.74 Å². The summed E-state index contributed by atoms with van der Waals surface area (Å²) in [7, 11) is 2.85. The van der Waals surface area contributed by atoms with Crippen molar-refractivity contribution in [2.75, 3.05) is 12.5 Å². The van der Waals surface area contributed by atoms with Crippen LogP contribution in [0.2, 0.25) is 0 Å². The van der Waals surface area contributed by atoms with Crippen molar-refractivity contribution < 1.29 is 19.4 Å². The quantitative estimate of drug-likeness (QED) is 0.244. The number of halogens is 1. The van der Waals surface area contributed by atoms with E-state index in [-0.39, 0.29) is 24.5 Å². The number of carbonyl (C=O) groups is 2. The molecule has 3 heterocycles. The Morgan fingerprint density at radius 2 is 1.71 bits per heavy atom. The number of aryl methyl sites for hydroxylation is 1. The number of amides is 2.